The second-order valence-electron chi connectivity index (χ2n) is 7.60. The van der Waals surface area contributed by atoms with E-state index in [2.05, 4.69) is 20.6 Å². The number of aromatic nitrogens is 2. The van der Waals surface area contributed by atoms with Gasteiger partial charge in [-0.05, 0) is 6.07 Å². The summed E-state index contributed by atoms with van der Waals surface area (Å²) in [6.45, 7) is 0.449. The van der Waals surface area contributed by atoms with Gasteiger partial charge in [0.05, 0.1) is 5.02 Å². The van der Waals surface area contributed by atoms with Gasteiger partial charge in [0.2, 0.25) is 0 Å². The first-order valence-corrected chi connectivity index (χ1v) is 10.9. The molecule has 1 heterocycles. The van der Waals surface area contributed by atoms with E-state index < -0.39 is 5.82 Å². The number of nitrogens with zero attached hydrogens (tertiary/aromatic N) is 2. The van der Waals surface area contributed by atoms with Crippen LogP contribution in [-0.2, 0) is 0 Å². The average molecular weight is 471 g/mol. The number of nitrogens with one attached hydrogen (secondary N) is 2. The first-order valence-electron chi connectivity index (χ1n) is 10.5. The fraction of sp³-hybridized carbons (Fsp3) is 0.125. The maximum absolute atomic E-state index is 13.5. The Morgan fingerprint density at radius 1 is 1.09 bits per heavy atom. The number of hydrogen-bond donors (Lipinski definition) is 3. The van der Waals surface area contributed by atoms with Crippen molar-refractivity contribution in [1.82, 2.24) is 9.97 Å². The number of anilines is 4. The van der Waals surface area contributed by atoms with Gasteiger partial charge in [-0.2, -0.15) is 0 Å². The fourth-order valence-electron chi connectivity index (χ4n) is 3.31. The number of rotatable bonds is 9. The summed E-state index contributed by atoms with van der Waals surface area (Å²) in [6.07, 6.45) is 2.72. The van der Waals surface area contributed by atoms with E-state index in [0.717, 1.165) is 10.9 Å². The third kappa shape index (κ3) is 5.85. The van der Waals surface area contributed by atoms with Gasteiger partial charge in [0.15, 0.2) is 0 Å². The maximum atomic E-state index is 13.5. The zero-order chi connectivity index (χ0) is 24.1. The molecule has 6 nitrogen and oxygen atoms in total. The van der Waals surface area contributed by atoms with Crippen molar-refractivity contribution in [1.29, 1.82) is 0 Å². The van der Waals surface area contributed by atoms with Crippen molar-refractivity contribution in [3.05, 3.63) is 71.8 Å². The Bertz CT molecular complexity index is 1350. The van der Waals surface area contributed by atoms with Gasteiger partial charge in [0.1, 0.15) is 5.82 Å². The monoisotopic (exact) mass is 470 g/mol. The van der Waals surface area contributed by atoms with Crippen LogP contribution in [0.3, 0.4) is 0 Å². The second kappa shape index (κ2) is 10.6. The van der Waals surface area contributed by atoms with Crippen LogP contribution < -0.4 is 26.6 Å². The summed E-state index contributed by atoms with van der Waals surface area (Å²) >= 11 is 5.88. The Hall–Kier alpha value is -3.58. The van der Waals surface area contributed by atoms with E-state index in [-0.39, 0.29) is 5.02 Å². The van der Waals surface area contributed by atoms with Crippen molar-refractivity contribution >= 4 is 71.8 Å². The predicted molar refractivity (Wildman–Crippen MR) is 140 cm³/mol. The molecule has 0 amide bonds. The van der Waals surface area contributed by atoms with Gasteiger partial charge < -0.3 is 0 Å². The third-order valence-electron chi connectivity index (χ3n) is 5.02. The van der Waals surface area contributed by atoms with Crippen molar-refractivity contribution in [2.75, 3.05) is 23.0 Å². The van der Waals surface area contributed by atoms with Gasteiger partial charge in [-0.1, -0.05) is 11.6 Å². The van der Waals surface area contributed by atoms with Crippen LogP contribution in [0, 0.1) is 5.82 Å². The Morgan fingerprint density at radius 3 is 2.76 bits per heavy atom. The molecule has 4 N–H and O–H groups in total. The minimum atomic E-state index is -0.486. The molecule has 4 aromatic rings. The Balaban J connectivity index is 1.37. The average Bonchev–Trinajstić information content (AvgIpc) is 2.82. The van der Waals surface area contributed by atoms with E-state index in [1.54, 1.807) is 24.3 Å². The van der Waals surface area contributed by atoms with Crippen LogP contribution in [0.1, 0.15) is 12.8 Å². The third-order valence-corrected chi connectivity index (χ3v) is 5.31. The number of nitrogens with two attached hydrogens (primary N) is 1. The van der Waals surface area contributed by atoms with Crippen molar-refractivity contribution in [3.8, 4) is 5.75 Å². The molecule has 0 unspecified atom stereocenters. The molecule has 0 aliphatic heterocycles. The van der Waals surface area contributed by atoms with Gasteiger partial charge in [-0.15, -0.1) is 0 Å². The topological polar surface area (TPSA) is 85.1 Å². The van der Waals surface area contributed by atoms with Crippen LogP contribution in [0.4, 0.5) is 27.3 Å². The molecule has 34 heavy (non-hydrogen) atoms. The molecule has 0 aliphatic rings. The molecule has 0 atom stereocenters. The molecule has 0 saturated heterocycles. The van der Waals surface area contributed by atoms with Gasteiger partial charge in [0, 0.05) is 0 Å². The Morgan fingerprint density at radius 2 is 1.94 bits per heavy atom. The number of halogens is 2. The van der Waals surface area contributed by atoms with Gasteiger partial charge in [0.25, 0.3) is 0 Å². The van der Waals surface area contributed by atoms with E-state index >= 15 is 0 Å². The zero-order valence-electron chi connectivity index (χ0n) is 18.2. The molecule has 10 heteroatoms. The van der Waals surface area contributed by atoms with Crippen molar-refractivity contribution in [2.24, 2.45) is 0 Å². The summed E-state index contributed by atoms with van der Waals surface area (Å²) in [5.41, 5.74) is 9.70. The van der Waals surface area contributed by atoms with Gasteiger partial charge in [-0.3, -0.25) is 0 Å². The van der Waals surface area contributed by atoms with Crippen LogP contribution in [0.15, 0.2) is 60.9 Å². The molecule has 0 bridgehead atoms. The molecular formula is C24H20B2ClFN5O. The minimum absolute atomic E-state index is 0.0244. The normalized spacial score (nSPS) is 10.7. The molecule has 3 radical (unpaired) electrons. The van der Waals surface area contributed by atoms with Crippen LogP contribution in [-0.4, -0.2) is 37.5 Å². The number of nitrogen functional groups attached to an aromatic ring is 1. The summed E-state index contributed by atoms with van der Waals surface area (Å²) in [4.78, 5) is 8.60. The standard InChI is InChI=1S/C24H20B2ClFN5O/c25-14-3-7-20(29)22(10-14)33-23(26)2-1-9-34-16-5-8-21-17(12-16)24(31-13-30-21)32-15-4-6-19(28)18(27)11-15/h3-8,10-13,33H,1-2,9,29H2,(H,30,31,32). The number of ether oxygens (including phenoxy) is 1. The van der Waals surface area contributed by atoms with Crippen LogP contribution in [0.5, 0.6) is 5.75 Å². The molecule has 0 saturated carbocycles. The second-order valence-corrected chi connectivity index (χ2v) is 8.01. The first kappa shape index (κ1) is 23.6. The van der Waals surface area contributed by atoms with Crippen molar-refractivity contribution in [3.63, 3.8) is 0 Å². The van der Waals surface area contributed by atoms with E-state index in [1.165, 1.54) is 18.5 Å². The molecular weight excluding hydrogens is 450 g/mol. The van der Waals surface area contributed by atoms with Crippen LogP contribution in [0.25, 0.3) is 10.9 Å². The molecule has 0 aliphatic carbocycles. The SMILES string of the molecule is [B]c1ccc(N)c(NC(=[B])CCCOc2ccc3ncnc(Nc4ccc(F)c(Cl)c4)c3c2)c1. The van der Waals surface area contributed by atoms with E-state index in [4.69, 9.17) is 37.4 Å². The number of benzene rings is 3. The quantitative estimate of drug-likeness (QED) is 0.194. The summed E-state index contributed by atoms with van der Waals surface area (Å²) in [5.74, 6) is 0.730. The van der Waals surface area contributed by atoms with E-state index in [1.807, 2.05) is 18.2 Å². The van der Waals surface area contributed by atoms with Crippen molar-refractivity contribution < 1.29 is 9.13 Å². The summed E-state index contributed by atoms with van der Waals surface area (Å²) in [7, 11) is 11.9. The van der Waals surface area contributed by atoms with E-state index in [0.29, 0.717) is 59.1 Å². The number of fused-ring (bicyclic) bond motifs is 1. The molecule has 3 aromatic carbocycles. The van der Waals surface area contributed by atoms with Gasteiger partial charge in [-0.25, -0.2) is 4.39 Å². The Labute approximate surface area is 204 Å². The predicted octanol–water partition coefficient (Wildman–Crippen LogP) is 4.11. The first-order chi connectivity index (χ1) is 16.4. The summed E-state index contributed by atoms with van der Waals surface area (Å²) in [5, 5.41) is 7.02. The molecule has 1 aromatic heterocycles. The fourth-order valence-corrected chi connectivity index (χ4v) is 3.49. The van der Waals surface area contributed by atoms with Gasteiger partial charge >= 0.3 is 171 Å². The van der Waals surface area contributed by atoms with Crippen LogP contribution in [0.2, 0.25) is 5.02 Å². The molecule has 167 valence electrons. The molecule has 4 rings (SSSR count). The zero-order valence-corrected chi connectivity index (χ0v) is 18.9. The Kier molecular flexibility index (Phi) is 7.33. The van der Waals surface area contributed by atoms with Crippen molar-refractivity contribution in [2.45, 2.75) is 12.8 Å². The van der Waals surface area contributed by atoms with Crippen LogP contribution >= 0.6 is 11.6 Å². The molecule has 0 fully saturated rings. The van der Waals surface area contributed by atoms with E-state index in [9.17, 15) is 4.39 Å². The number of hydrogen-bond acceptors (Lipinski definition) is 6. The molecule has 0 spiro atoms. The summed E-state index contributed by atoms with van der Waals surface area (Å²) < 4.78 is 19.4. The summed E-state index contributed by atoms with van der Waals surface area (Å²) in [6, 6.07) is 15.1.